The van der Waals surface area contributed by atoms with Crippen molar-refractivity contribution in [2.45, 2.75) is 26.2 Å². The third-order valence-electron chi connectivity index (χ3n) is 3.52. The third-order valence-corrected chi connectivity index (χ3v) is 3.52. The van der Waals surface area contributed by atoms with Gasteiger partial charge in [0, 0.05) is 12.1 Å². The summed E-state index contributed by atoms with van der Waals surface area (Å²) < 4.78 is 0. The highest BCUT2D eigenvalue weighted by molar-refractivity contribution is 5.89. The van der Waals surface area contributed by atoms with Crippen LogP contribution in [0.2, 0.25) is 0 Å². The highest BCUT2D eigenvalue weighted by Gasteiger charge is 2.26. The lowest BCUT2D eigenvalue weighted by Gasteiger charge is -2.19. The zero-order valence-electron chi connectivity index (χ0n) is 10.2. The topological polar surface area (TPSA) is 62.2 Å². The van der Waals surface area contributed by atoms with E-state index in [1.807, 2.05) is 6.92 Å². The molecule has 0 aromatic carbocycles. The average Bonchev–Trinajstić information content (AvgIpc) is 2.81. The van der Waals surface area contributed by atoms with Crippen LogP contribution in [0.3, 0.4) is 0 Å². The molecule has 0 spiro atoms. The predicted octanol–water partition coefficient (Wildman–Crippen LogP) is 1.80. The molecule has 0 amide bonds. The Morgan fingerprint density at radius 1 is 1.65 bits per heavy atom. The van der Waals surface area contributed by atoms with E-state index in [2.05, 4.69) is 17.2 Å². The van der Waals surface area contributed by atoms with Gasteiger partial charge in [-0.3, -0.25) is 4.98 Å². The van der Waals surface area contributed by atoms with Gasteiger partial charge < -0.3 is 10.4 Å². The van der Waals surface area contributed by atoms with Crippen LogP contribution in [0.5, 0.6) is 0 Å². The predicted molar refractivity (Wildman–Crippen MR) is 65.3 cm³/mol. The lowest BCUT2D eigenvalue weighted by molar-refractivity contribution is 0.0694. The molecule has 92 valence electrons. The minimum Gasteiger partial charge on any atom is -0.478 e. The van der Waals surface area contributed by atoms with Crippen LogP contribution in [-0.2, 0) is 0 Å². The molecule has 1 aromatic rings. The molecule has 4 nitrogen and oxygen atoms in total. The Hall–Kier alpha value is -1.42. The molecule has 1 saturated heterocycles. The van der Waals surface area contributed by atoms with Crippen molar-refractivity contribution in [3.05, 3.63) is 29.1 Å². The van der Waals surface area contributed by atoms with Crippen LogP contribution in [0.25, 0.3) is 0 Å². The highest BCUT2D eigenvalue weighted by atomic mass is 16.4. The quantitative estimate of drug-likeness (QED) is 0.837. The molecule has 4 heteroatoms. The number of aromatic nitrogens is 1. The number of aromatic carboxylic acids is 1. The first-order valence-corrected chi connectivity index (χ1v) is 6.00. The van der Waals surface area contributed by atoms with Crippen LogP contribution in [0.4, 0.5) is 0 Å². The SMILES string of the molecule is Cc1cnc(C(C)C2CCNC2)c(C(=O)O)c1. The number of carboxylic acid groups (broad SMARTS) is 1. The highest BCUT2D eigenvalue weighted by Crippen LogP contribution is 2.29. The van der Waals surface area contributed by atoms with Gasteiger partial charge in [0.25, 0.3) is 0 Å². The molecular weight excluding hydrogens is 216 g/mol. The Morgan fingerprint density at radius 3 is 3.00 bits per heavy atom. The summed E-state index contributed by atoms with van der Waals surface area (Å²) in [5.41, 5.74) is 1.96. The smallest absolute Gasteiger partial charge is 0.337 e. The molecule has 2 rings (SSSR count). The van der Waals surface area contributed by atoms with Gasteiger partial charge >= 0.3 is 5.97 Å². The normalized spacial score (nSPS) is 21.4. The van der Waals surface area contributed by atoms with Crippen LogP contribution in [0.1, 0.15) is 40.9 Å². The van der Waals surface area contributed by atoms with Gasteiger partial charge in [-0.2, -0.15) is 0 Å². The lowest BCUT2D eigenvalue weighted by atomic mass is 9.87. The van der Waals surface area contributed by atoms with Gasteiger partial charge in [-0.05, 0) is 44.0 Å². The minimum absolute atomic E-state index is 0.191. The molecule has 2 heterocycles. The molecule has 1 aliphatic rings. The number of hydrogen-bond donors (Lipinski definition) is 2. The Kier molecular flexibility index (Phi) is 3.43. The van der Waals surface area contributed by atoms with Gasteiger partial charge in [0.1, 0.15) is 0 Å². The third kappa shape index (κ3) is 2.47. The van der Waals surface area contributed by atoms with Crippen molar-refractivity contribution in [3.8, 4) is 0 Å². The van der Waals surface area contributed by atoms with E-state index in [0.717, 1.165) is 30.8 Å². The van der Waals surface area contributed by atoms with Crippen molar-refractivity contribution in [3.63, 3.8) is 0 Å². The van der Waals surface area contributed by atoms with Gasteiger partial charge in [-0.15, -0.1) is 0 Å². The van der Waals surface area contributed by atoms with E-state index >= 15 is 0 Å². The molecule has 17 heavy (non-hydrogen) atoms. The fourth-order valence-corrected chi connectivity index (χ4v) is 2.44. The summed E-state index contributed by atoms with van der Waals surface area (Å²) in [5.74, 6) is -0.200. The molecule has 0 radical (unpaired) electrons. The molecular formula is C13H18N2O2. The maximum absolute atomic E-state index is 11.2. The second-order valence-electron chi connectivity index (χ2n) is 4.79. The molecule has 2 N–H and O–H groups in total. The van der Waals surface area contributed by atoms with Crippen molar-refractivity contribution in [2.24, 2.45) is 5.92 Å². The fraction of sp³-hybridized carbons (Fsp3) is 0.538. The number of nitrogens with zero attached hydrogens (tertiary/aromatic N) is 1. The molecule has 0 aliphatic carbocycles. The van der Waals surface area contributed by atoms with Crippen LogP contribution >= 0.6 is 0 Å². The maximum Gasteiger partial charge on any atom is 0.337 e. The van der Waals surface area contributed by atoms with Crippen molar-refractivity contribution >= 4 is 5.97 Å². The molecule has 1 aliphatic heterocycles. The summed E-state index contributed by atoms with van der Waals surface area (Å²) in [5, 5.41) is 12.5. The van der Waals surface area contributed by atoms with Gasteiger partial charge in [-0.25, -0.2) is 4.79 Å². The molecule has 2 unspecified atom stereocenters. The van der Waals surface area contributed by atoms with Crippen LogP contribution in [-0.4, -0.2) is 29.1 Å². The zero-order chi connectivity index (χ0) is 12.4. The van der Waals surface area contributed by atoms with Gasteiger partial charge in [-0.1, -0.05) is 6.92 Å². The lowest BCUT2D eigenvalue weighted by Crippen LogP contribution is -2.18. The average molecular weight is 234 g/mol. The summed E-state index contributed by atoms with van der Waals surface area (Å²) in [7, 11) is 0. The molecule has 2 atom stereocenters. The second kappa shape index (κ2) is 4.84. The first-order valence-electron chi connectivity index (χ1n) is 6.00. The molecule has 1 aromatic heterocycles. The van der Waals surface area contributed by atoms with Crippen LogP contribution in [0.15, 0.2) is 12.3 Å². The zero-order valence-corrected chi connectivity index (χ0v) is 10.2. The number of hydrogen-bond acceptors (Lipinski definition) is 3. The maximum atomic E-state index is 11.2. The van der Waals surface area contributed by atoms with Crippen molar-refractivity contribution in [1.29, 1.82) is 0 Å². The number of carbonyl (C=O) groups is 1. The monoisotopic (exact) mass is 234 g/mol. The first-order chi connectivity index (χ1) is 8.09. The molecule has 1 fully saturated rings. The Bertz CT molecular complexity index is 425. The van der Waals surface area contributed by atoms with Crippen molar-refractivity contribution < 1.29 is 9.90 Å². The second-order valence-corrected chi connectivity index (χ2v) is 4.79. The first kappa shape index (κ1) is 12.0. The van der Waals surface area contributed by atoms with Crippen molar-refractivity contribution in [1.82, 2.24) is 10.3 Å². The minimum atomic E-state index is -0.881. The summed E-state index contributed by atoms with van der Waals surface area (Å²) >= 11 is 0. The van der Waals surface area contributed by atoms with E-state index in [9.17, 15) is 9.90 Å². The Balaban J connectivity index is 2.33. The number of pyridine rings is 1. The number of aryl methyl sites for hydroxylation is 1. The summed E-state index contributed by atoms with van der Waals surface area (Å²) in [6.07, 6.45) is 2.84. The van der Waals surface area contributed by atoms with E-state index in [4.69, 9.17) is 0 Å². The van der Waals surface area contributed by atoms with E-state index < -0.39 is 5.97 Å². The standard InChI is InChI=1S/C13H18N2O2/c1-8-5-11(13(16)17)12(15-6-8)9(2)10-3-4-14-7-10/h5-6,9-10,14H,3-4,7H2,1-2H3,(H,16,17). The van der Waals surface area contributed by atoms with E-state index in [0.29, 0.717) is 11.5 Å². The van der Waals surface area contributed by atoms with E-state index in [1.165, 1.54) is 0 Å². The van der Waals surface area contributed by atoms with E-state index in [-0.39, 0.29) is 5.92 Å². The van der Waals surface area contributed by atoms with Gasteiger partial charge in [0.2, 0.25) is 0 Å². The van der Waals surface area contributed by atoms with Gasteiger partial charge in [0.05, 0.1) is 11.3 Å². The number of rotatable bonds is 3. The molecule has 0 bridgehead atoms. The summed E-state index contributed by atoms with van der Waals surface area (Å²) in [6.45, 7) is 5.91. The van der Waals surface area contributed by atoms with E-state index in [1.54, 1.807) is 12.3 Å². The number of carboxylic acids is 1. The van der Waals surface area contributed by atoms with Crippen LogP contribution in [0, 0.1) is 12.8 Å². The molecule has 0 saturated carbocycles. The number of nitrogens with one attached hydrogen (secondary N) is 1. The Morgan fingerprint density at radius 2 is 2.41 bits per heavy atom. The van der Waals surface area contributed by atoms with Crippen LogP contribution < -0.4 is 5.32 Å². The fourth-order valence-electron chi connectivity index (χ4n) is 2.44. The summed E-state index contributed by atoms with van der Waals surface area (Å²) in [4.78, 5) is 15.6. The van der Waals surface area contributed by atoms with Gasteiger partial charge in [0.15, 0.2) is 0 Å². The Labute approximate surface area is 101 Å². The van der Waals surface area contributed by atoms with Crippen molar-refractivity contribution in [2.75, 3.05) is 13.1 Å². The summed E-state index contributed by atoms with van der Waals surface area (Å²) in [6, 6.07) is 1.71. The largest absolute Gasteiger partial charge is 0.478 e.